The fourth-order valence-corrected chi connectivity index (χ4v) is 4.00. The largest absolute Gasteiger partial charge is 0.368 e. The molecule has 3 rings (SSSR count). The van der Waals surface area contributed by atoms with Crippen molar-refractivity contribution in [3.05, 3.63) is 42.5 Å². The molecule has 1 N–H and O–H groups in total. The first-order valence-electron chi connectivity index (χ1n) is 7.28. The summed E-state index contributed by atoms with van der Waals surface area (Å²) < 4.78 is 0.909. The van der Waals surface area contributed by atoms with Gasteiger partial charge in [0.05, 0.1) is 0 Å². The SMILES string of the molecule is S=C(NC1CCCCC1)Sc1ccc2ccccc2c1. The molecule has 0 aliphatic heterocycles. The quantitative estimate of drug-likeness (QED) is 0.609. The molecule has 2 aromatic carbocycles. The van der Waals surface area contributed by atoms with Crippen LogP contribution in [0.3, 0.4) is 0 Å². The predicted octanol–water partition coefficient (Wildman–Crippen LogP) is 5.14. The molecule has 1 aliphatic rings. The second kappa shape index (κ2) is 6.59. The minimum Gasteiger partial charge on any atom is -0.368 e. The minimum atomic E-state index is 0.587. The first-order chi connectivity index (χ1) is 9.81. The second-order valence-electron chi connectivity index (χ2n) is 5.38. The first kappa shape index (κ1) is 13.9. The summed E-state index contributed by atoms with van der Waals surface area (Å²) in [4.78, 5) is 1.22. The Morgan fingerprint density at radius 1 is 1.00 bits per heavy atom. The molecular weight excluding hydrogens is 282 g/mol. The highest BCUT2D eigenvalue weighted by atomic mass is 32.2. The predicted molar refractivity (Wildman–Crippen MR) is 92.4 cm³/mol. The van der Waals surface area contributed by atoms with Crippen molar-refractivity contribution < 1.29 is 0 Å². The number of fused-ring (bicyclic) bond motifs is 1. The van der Waals surface area contributed by atoms with Crippen LogP contribution >= 0.6 is 24.0 Å². The smallest absolute Gasteiger partial charge is 0.138 e. The molecule has 3 heteroatoms. The lowest BCUT2D eigenvalue weighted by atomic mass is 9.96. The van der Waals surface area contributed by atoms with Crippen LogP contribution in [0.4, 0.5) is 0 Å². The number of hydrogen-bond acceptors (Lipinski definition) is 2. The molecule has 0 saturated heterocycles. The van der Waals surface area contributed by atoms with E-state index in [0.29, 0.717) is 6.04 Å². The van der Waals surface area contributed by atoms with Crippen molar-refractivity contribution in [1.29, 1.82) is 0 Å². The zero-order valence-corrected chi connectivity index (χ0v) is 13.1. The number of rotatable bonds is 2. The number of benzene rings is 2. The molecule has 1 aliphatic carbocycles. The van der Waals surface area contributed by atoms with Crippen molar-refractivity contribution in [2.24, 2.45) is 0 Å². The lowest BCUT2D eigenvalue weighted by molar-refractivity contribution is 0.416. The second-order valence-corrected chi connectivity index (χ2v) is 7.13. The fraction of sp³-hybridized carbons (Fsp3) is 0.353. The molecule has 1 fully saturated rings. The van der Waals surface area contributed by atoms with Gasteiger partial charge in [-0.25, -0.2) is 0 Å². The minimum absolute atomic E-state index is 0.587. The summed E-state index contributed by atoms with van der Waals surface area (Å²) in [5.41, 5.74) is 0. The number of hydrogen-bond donors (Lipinski definition) is 1. The normalized spacial score (nSPS) is 16.2. The molecule has 1 saturated carbocycles. The lowest BCUT2D eigenvalue weighted by Gasteiger charge is -2.23. The van der Waals surface area contributed by atoms with Crippen LogP contribution in [0.1, 0.15) is 32.1 Å². The summed E-state index contributed by atoms with van der Waals surface area (Å²) in [6.07, 6.45) is 6.57. The molecule has 0 atom stereocenters. The summed E-state index contributed by atoms with van der Waals surface area (Å²) in [5, 5.41) is 6.07. The Kier molecular flexibility index (Phi) is 4.58. The highest BCUT2D eigenvalue weighted by Gasteiger charge is 2.14. The van der Waals surface area contributed by atoms with E-state index in [2.05, 4.69) is 47.8 Å². The summed E-state index contributed by atoms with van der Waals surface area (Å²) in [5.74, 6) is 0. The summed E-state index contributed by atoms with van der Waals surface area (Å²) in [6.45, 7) is 0. The van der Waals surface area contributed by atoms with Crippen LogP contribution in [0.15, 0.2) is 47.4 Å². The van der Waals surface area contributed by atoms with Crippen LogP contribution in [0, 0.1) is 0 Å². The number of thioether (sulfide) groups is 1. The molecule has 0 heterocycles. The van der Waals surface area contributed by atoms with Crippen molar-refractivity contribution in [2.75, 3.05) is 0 Å². The molecule has 20 heavy (non-hydrogen) atoms. The van der Waals surface area contributed by atoms with Crippen molar-refractivity contribution in [3.63, 3.8) is 0 Å². The van der Waals surface area contributed by atoms with Gasteiger partial charge in [0.1, 0.15) is 4.32 Å². The van der Waals surface area contributed by atoms with Gasteiger partial charge in [-0.2, -0.15) is 0 Å². The van der Waals surface area contributed by atoms with E-state index in [4.69, 9.17) is 12.2 Å². The van der Waals surface area contributed by atoms with E-state index in [9.17, 15) is 0 Å². The molecule has 0 bridgehead atoms. The molecule has 0 amide bonds. The monoisotopic (exact) mass is 301 g/mol. The molecule has 1 nitrogen and oxygen atoms in total. The van der Waals surface area contributed by atoms with E-state index in [-0.39, 0.29) is 0 Å². The molecule has 0 spiro atoms. The van der Waals surface area contributed by atoms with Gasteiger partial charge in [0.2, 0.25) is 0 Å². The summed E-state index contributed by atoms with van der Waals surface area (Å²) in [6, 6.07) is 15.6. The van der Waals surface area contributed by atoms with Crippen LogP contribution in [-0.4, -0.2) is 10.4 Å². The number of thiocarbonyl (C=S) groups is 1. The Morgan fingerprint density at radius 3 is 2.55 bits per heavy atom. The summed E-state index contributed by atoms with van der Waals surface area (Å²) in [7, 11) is 0. The van der Waals surface area contributed by atoms with E-state index < -0.39 is 0 Å². The maximum Gasteiger partial charge on any atom is 0.138 e. The van der Waals surface area contributed by atoms with Gasteiger partial charge in [-0.05, 0) is 35.7 Å². The third kappa shape index (κ3) is 3.53. The third-order valence-corrected chi connectivity index (χ3v) is 5.02. The van der Waals surface area contributed by atoms with Crippen LogP contribution in [-0.2, 0) is 0 Å². The highest BCUT2D eigenvalue weighted by Crippen LogP contribution is 2.25. The van der Waals surface area contributed by atoms with Gasteiger partial charge >= 0.3 is 0 Å². The van der Waals surface area contributed by atoms with Crippen LogP contribution < -0.4 is 5.32 Å². The fourth-order valence-electron chi connectivity index (χ4n) is 2.78. The maximum atomic E-state index is 5.49. The molecule has 0 aromatic heterocycles. The average molecular weight is 301 g/mol. The molecule has 0 radical (unpaired) electrons. The van der Waals surface area contributed by atoms with Gasteiger partial charge in [-0.3, -0.25) is 0 Å². The zero-order valence-electron chi connectivity index (χ0n) is 11.5. The van der Waals surface area contributed by atoms with Gasteiger partial charge in [0.15, 0.2) is 0 Å². The topological polar surface area (TPSA) is 12.0 Å². The van der Waals surface area contributed by atoms with Crippen LogP contribution in [0.5, 0.6) is 0 Å². The summed E-state index contributed by atoms with van der Waals surface area (Å²) >= 11 is 7.16. The number of nitrogens with one attached hydrogen (secondary N) is 1. The van der Waals surface area contributed by atoms with E-state index in [1.165, 1.54) is 47.8 Å². The highest BCUT2D eigenvalue weighted by molar-refractivity contribution is 8.23. The van der Waals surface area contributed by atoms with Crippen molar-refractivity contribution in [1.82, 2.24) is 5.32 Å². The molecule has 0 unspecified atom stereocenters. The molecular formula is C17H19NS2. The van der Waals surface area contributed by atoms with Crippen LogP contribution in [0.2, 0.25) is 0 Å². The van der Waals surface area contributed by atoms with E-state index in [1.807, 2.05) is 0 Å². The Bertz CT molecular complexity index is 603. The van der Waals surface area contributed by atoms with Crippen LogP contribution in [0.25, 0.3) is 10.8 Å². The van der Waals surface area contributed by atoms with Crippen molar-refractivity contribution in [3.8, 4) is 0 Å². The Hall–Kier alpha value is -1.06. The van der Waals surface area contributed by atoms with E-state index in [1.54, 1.807) is 11.8 Å². The Labute approximate surface area is 130 Å². The third-order valence-electron chi connectivity index (χ3n) is 3.86. The van der Waals surface area contributed by atoms with Crippen molar-refractivity contribution >= 4 is 39.1 Å². The van der Waals surface area contributed by atoms with Gasteiger partial charge in [-0.1, -0.05) is 73.6 Å². The molecule has 104 valence electrons. The standard InChI is InChI=1S/C17H19NS2/c19-17(18-15-8-2-1-3-9-15)20-16-11-10-13-6-4-5-7-14(13)12-16/h4-7,10-12,15H,1-3,8-9H2,(H,18,19). The van der Waals surface area contributed by atoms with E-state index in [0.717, 1.165) is 4.32 Å². The molecule has 2 aromatic rings. The van der Waals surface area contributed by atoms with Gasteiger partial charge < -0.3 is 5.32 Å². The van der Waals surface area contributed by atoms with Gasteiger partial charge in [0.25, 0.3) is 0 Å². The Morgan fingerprint density at radius 2 is 1.75 bits per heavy atom. The van der Waals surface area contributed by atoms with E-state index >= 15 is 0 Å². The van der Waals surface area contributed by atoms with Crippen molar-refractivity contribution in [2.45, 2.75) is 43.0 Å². The average Bonchev–Trinajstić information content (AvgIpc) is 2.48. The first-order valence-corrected chi connectivity index (χ1v) is 8.51. The Balaban J connectivity index is 1.64. The lowest BCUT2D eigenvalue weighted by Crippen LogP contribution is -2.33. The van der Waals surface area contributed by atoms with Gasteiger partial charge in [0, 0.05) is 10.9 Å². The zero-order chi connectivity index (χ0) is 13.8. The maximum absolute atomic E-state index is 5.49. The van der Waals surface area contributed by atoms with Gasteiger partial charge in [-0.15, -0.1) is 0 Å².